The fourth-order valence-electron chi connectivity index (χ4n) is 3.19. The van der Waals surface area contributed by atoms with Crippen LogP contribution in [0.3, 0.4) is 0 Å². The van der Waals surface area contributed by atoms with Gasteiger partial charge in [-0.05, 0) is 30.7 Å². The van der Waals surface area contributed by atoms with E-state index in [0.29, 0.717) is 32.0 Å². The van der Waals surface area contributed by atoms with Crippen molar-refractivity contribution in [1.82, 2.24) is 10.2 Å². The van der Waals surface area contributed by atoms with E-state index < -0.39 is 0 Å². The van der Waals surface area contributed by atoms with Gasteiger partial charge in [-0.15, -0.1) is 6.58 Å². The van der Waals surface area contributed by atoms with E-state index in [1.165, 1.54) is 0 Å². The maximum atomic E-state index is 12.3. The molecule has 1 aromatic carbocycles. The van der Waals surface area contributed by atoms with Crippen LogP contribution in [-0.4, -0.2) is 48.4 Å². The number of aliphatic hydroxyl groups is 1. The highest BCUT2D eigenvalue weighted by Gasteiger charge is 2.29. The summed E-state index contributed by atoms with van der Waals surface area (Å²) in [5.74, 6) is 0.329. The Bertz CT molecular complexity index is 507. The fraction of sp³-hybridized carbons (Fsp3) is 0.526. The van der Waals surface area contributed by atoms with E-state index in [9.17, 15) is 9.90 Å². The Morgan fingerprint density at radius 1 is 1.46 bits per heavy atom. The highest BCUT2D eigenvalue weighted by Crippen LogP contribution is 2.22. The molecule has 1 aliphatic heterocycles. The number of benzene rings is 1. The van der Waals surface area contributed by atoms with Gasteiger partial charge in [-0.2, -0.15) is 0 Å². The van der Waals surface area contributed by atoms with Gasteiger partial charge in [0.25, 0.3) is 0 Å². The molecule has 0 bridgehead atoms. The number of rotatable bonds is 8. The zero-order chi connectivity index (χ0) is 17.2. The molecule has 0 saturated carbocycles. The molecule has 1 saturated heterocycles. The van der Waals surface area contributed by atoms with Crippen LogP contribution in [-0.2, 0) is 11.3 Å². The second kappa shape index (κ2) is 10.1. The number of hydrogen-bond donors (Lipinski definition) is 2. The number of nitrogens with zero attached hydrogens (tertiary/aromatic N) is 1. The molecule has 132 valence electrons. The van der Waals surface area contributed by atoms with Crippen molar-refractivity contribution in [3.63, 3.8) is 0 Å². The van der Waals surface area contributed by atoms with Crippen molar-refractivity contribution in [1.29, 1.82) is 0 Å². The Hall–Kier alpha value is -1.85. The average molecular weight is 332 g/mol. The maximum absolute atomic E-state index is 12.3. The van der Waals surface area contributed by atoms with Crippen LogP contribution in [0.5, 0.6) is 0 Å². The topological polar surface area (TPSA) is 61.8 Å². The summed E-state index contributed by atoms with van der Waals surface area (Å²) in [5, 5.41) is 12.7. The Labute approximate surface area is 144 Å². The third-order valence-electron chi connectivity index (χ3n) is 4.45. The first-order valence-electron chi connectivity index (χ1n) is 8.65. The average Bonchev–Trinajstić information content (AvgIpc) is 2.64. The van der Waals surface area contributed by atoms with Gasteiger partial charge in [0.05, 0.1) is 0 Å². The van der Waals surface area contributed by atoms with E-state index in [1.807, 2.05) is 36.4 Å². The van der Waals surface area contributed by atoms with Gasteiger partial charge in [-0.1, -0.05) is 36.4 Å². The number of carbonyl (C=O) groups excluding carboxylic acids is 1. The van der Waals surface area contributed by atoms with Gasteiger partial charge >= 0.3 is 6.09 Å². The summed E-state index contributed by atoms with van der Waals surface area (Å²) in [6.07, 6.45) is 4.26. The molecule has 1 fully saturated rings. The van der Waals surface area contributed by atoms with Crippen LogP contribution in [0.4, 0.5) is 4.79 Å². The summed E-state index contributed by atoms with van der Waals surface area (Å²) in [4.78, 5) is 14.1. The first-order valence-corrected chi connectivity index (χ1v) is 8.65. The number of nitrogens with one attached hydrogen (secondary N) is 1. The van der Waals surface area contributed by atoms with Crippen molar-refractivity contribution < 1.29 is 14.6 Å². The molecule has 2 rings (SSSR count). The molecule has 0 radical (unpaired) electrons. The van der Waals surface area contributed by atoms with Crippen molar-refractivity contribution >= 4 is 6.09 Å². The summed E-state index contributed by atoms with van der Waals surface area (Å²) >= 11 is 0. The molecular weight excluding hydrogens is 304 g/mol. The number of ether oxygens (including phenoxy) is 1. The monoisotopic (exact) mass is 332 g/mol. The second-order valence-corrected chi connectivity index (χ2v) is 6.20. The Morgan fingerprint density at radius 2 is 2.25 bits per heavy atom. The second-order valence-electron chi connectivity index (χ2n) is 6.20. The lowest BCUT2D eigenvalue weighted by Gasteiger charge is -2.36. The Kier molecular flexibility index (Phi) is 7.79. The number of piperidine rings is 1. The van der Waals surface area contributed by atoms with E-state index in [0.717, 1.165) is 24.9 Å². The number of likely N-dealkylation sites (tertiary alicyclic amines) is 1. The molecule has 24 heavy (non-hydrogen) atoms. The van der Waals surface area contributed by atoms with Crippen molar-refractivity contribution in [3.05, 3.63) is 48.6 Å². The summed E-state index contributed by atoms with van der Waals surface area (Å²) in [6, 6.07) is 9.90. The molecule has 1 heterocycles. The molecule has 5 nitrogen and oxygen atoms in total. The molecule has 0 aliphatic carbocycles. The van der Waals surface area contributed by atoms with Crippen LogP contribution in [0.15, 0.2) is 43.0 Å². The van der Waals surface area contributed by atoms with Crippen LogP contribution < -0.4 is 5.32 Å². The SMILES string of the molecule is C=CCNC(CCO)[C@@H]1CCCN(C(=O)OCc2ccccc2)C1. The lowest BCUT2D eigenvalue weighted by Crippen LogP contribution is -2.48. The van der Waals surface area contributed by atoms with Crippen LogP contribution in [0.2, 0.25) is 0 Å². The van der Waals surface area contributed by atoms with Crippen LogP contribution in [0.25, 0.3) is 0 Å². The molecule has 1 aromatic rings. The largest absolute Gasteiger partial charge is 0.445 e. The van der Waals surface area contributed by atoms with Crippen LogP contribution >= 0.6 is 0 Å². The van der Waals surface area contributed by atoms with Crippen LogP contribution in [0.1, 0.15) is 24.8 Å². The predicted molar refractivity (Wildman–Crippen MR) is 94.6 cm³/mol. The van der Waals surface area contributed by atoms with Gasteiger partial charge in [0, 0.05) is 32.3 Å². The first kappa shape index (κ1) is 18.5. The van der Waals surface area contributed by atoms with Crippen molar-refractivity contribution in [2.24, 2.45) is 5.92 Å². The lowest BCUT2D eigenvalue weighted by atomic mass is 9.89. The zero-order valence-corrected chi connectivity index (χ0v) is 14.2. The predicted octanol–water partition coefficient (Wildman–Crippen LogP) is 2.56. The lowest BCUT2D eigenvalue weighted by molar-refractivity contribution is 0.0716. The van der Waals surface area contributed by atoms with Crippen molar-refractivity contribution in [2.75, 3.05) is 26.2 Å². The third kappa shape index (κ3) is 5.65. The summed E-state index contributed by atoms with van der Waals surface area (Å²) in [7, 11) is 0. The molecule has 1 unspecified atom stereocenters. The minimum Gasteiger partial charge on any atom is -0.445 e. The van der Waals surface area contributed by atoms with Crippen molar-refractivity contribution in [3.8, 4) is 0 Å². The van der Waals surface area contributed by atoms with Gasteiger partial charge in [0.15, 0.2) is 0 Å². The smallest absolute Gasteiger partial charge is 0.410 e. The molecule has 5 heteroatoms. The summed E-state index contributed by atoms with van der Waals surface area (Å²) in [5.41, 5.74) is 0.991. The highest BCUT2D eigenvalue weighted by atomic mass is 16.6. The minimum absolute atomic E-state index is 0.143. The maximum Gasteiger partial charge on any atom is 0.410 e. The van der Waals surface area contributed by atoms with Crippen LogP contribution in [0, 0.1) is 5.92 Å². The molecule has 2 atom stereocenters. The highest BCUT2D eigenvalue weighted by molar-refractivity contribution is 5.67. The van der Waals surface area contributed by atoms with E-state index in [-0.39, 0.29) is 18.7 Å². The molecule has 0 aromatic heterocycles. The summed E-state index contributed by atoms with van der Waals surface area (Å²) in [6.45, 7) is 6.28. The molecule has 1 aliphatic rings. The van der Waals surface area contributed by atoms with E-state index in [1.54, 1.807) is 4.90 Å². The molecule has 0 spiro atoms. The quantitative estimate of drug-likeness (QED) is 0.718. The van der Waals surface area contributed by atoms with E-state index in [2.05, 4.69) is 11.9 Å². The number of hydrogen-bond acceptors (Lipinski definition) is 4. The number of carbonyl (C=O) groups is 1. The van der Waals surface area contributed by atoms with Gasteiger partial charge in [0.1, 0.15) is 6.61 Å². The number of aliphatic hydroxyl groups excluding tert-OH is 1. The van der Waals surface area contributed by atoms with Gasteiger partial charge in [0.2, 0.25) is 0 Å². The zero-order valence-electron chi connectivity index (χ0n) is 14.2. The Morgan fingerprint density at radius 3 is 2.96 bits per heavy atom. The standard InChI is InChI=1S/C19H28N2O3/c1-2-11-20-18(10-13-22)17-9-6-12-21(14-17)19(23)24-15-16-7-4-3-5-8-16/h2-5,7-8,17-18,20,22H,1,6,9-15H2/t17-,18?/m1/s1. The van der Waals surface area contributed by atoms with E-state index in [4.69, 9.17) is 4.74 Å². The third-order valence-corrected chi connectivity index (χ3v) is 4.45. The Balaban J connectivity index is 1.86. The van der Waals surface area contributed by atoms with Gasteiger partial charge in [-0.25, -0.2) is 4.79 Å². The first-order chi connectivity index (χ1) is 11.7. The van der Waals surface area contributed by atoms with Gasteiger partial charge in [-0.3, -0.25) is 0 Å². The van der Waals surface area contributed by atoms with Crippen molar-refractivity contribution in [2.45, 2.75) is 31.9 Å². The number of amides is 1. The summed E-state index contributed by atoms with van der Waals surface area (Å²) < 4.78 is 5.44. The molecule has 1 amide bonds. The van der Waals surface area contributed by atoms with Gasteiger partial charge < -0.3 is 20.1 Å². The van der Waals surface area contributed by atoms with E-state index >= 15 is 0 Å². The fourth-order valence-corrected chi connectivity index (χ4v) is 3.19. The molecule has 2 N–H and O–H groups in total. The minimum atomic E-state index is -0.255. The normalized spacial score (nSPS) is 18.9. The molecular formula is C19H28N2O3.